The zero-order valence-electron chi connectivity index (χ0n) is 11.3. The highest BCUT2D eigenvalue weighted by Gasteiger charge is 2.33. The summed E-state index contributed by atoms with van der Waals surface area (Å²) in [6.07, 6.45) is 1.78. The SMILES string of the molecule is COC1(C)CCCN(C(=O)c2cc(F)ccc2N)C1. The van der Waals surface area contributed by atoms with Crippen LogP contribution < -0.4 is 5.73 Å². The quantitative estimate of drug-likeness (QED) is 0.833. The molecule has 0 spiro atoms. The Hall–Kier alpha value is -1.62. The first-order valence-corrected chi connectivity index (χ1v) is 6.35. The van der Waals surface area contributed by atoms with E-state index in [1.807, 2.05) is 6.92 Å². The van der Waals surface area contributed by atoms with E-state index in [1.54, 1.807) is 12.0 Å². The van der Waals surface area contributed by atoms with Crippen LogP contribution in [0.4, 0.5) is 10.1 Å². The third kappa shape index (κ3) is 2.87. The summed E-state index contributed by atoms with van der Waals surface area (Å²) in [5, 5.41) is 0. The van der Waals surface area contributed by atoms with Gasteiger partial charge in [-0.15, -0.1) is 0 Å². The number of hydrogen-bond donors (Lipinski definition) is 1. The van der Waals surface area contributed by atoms with Gasteiger partial charge in [0.15, 0.2) is 0 Å². The minimum absolute atomic E-state index is 0.223. The Balaban J connectivity index is 2.22. The lowest BCUT2D eigenvalue weighted by molar-refractivity contribution is -0.0439. The number of piperidine rings is 1. The van der Waals surface area contributed by atoms with Gasteiger partial charge in [0.05, 0.1) is 11.2 Å². The summed E-state index contributed by atoms with van der Waals surface area (Å²) in [5.41, 5.74) is 5.94. The van der Waals surface area contributed by atoms with Crippen LogP contribution in [0.25, 0.3) is 0 Å². The van der Waals surface area contributed by atoms with Crippen molar-refractivity contribution in [3.05, 3.63) is 29.6 Å². The molecular weight excluding hydrogens is 247 g/mol. The molecule has 1 heterocycles. The summed E-state index contributed by atoms with van der Waals surface area (Å²) in [5.74, 6) is -0.691. The number of likely N-dealkylation sites (tertiary alicyclic amines) is 1. The van der Waals surface area contributed by atoms with E-state index in [4.69, 9.17) is 10.5 Å². The minimum Gasteiger partial charge on any atom is -0.398 e. The first-order valence-electron chi connectivity index (χ1n) is 6.35. The Morgan fingerprint density at radius 2 is 2.26 bits per heavy atom. The number of rotatable bonds is 2. The van der Waals surface area contributed by atoms with Crippen LogP contribution >= 0.6 is 0 Å². The maximum atomic E-state index is 13.2. The fourth-order valence-corrected chi connectivity index (χ4v) is 2.43. The van der Waals surface area contributed by atoms with Crippen LogP contribution in [0.15, 0.2) is 18.2 Å². The van der Waals surface area contributed by atoms with Crippen molar-refractivity contribution in [2.45, 2.75) is 25.4 Å². The molecule has 2 N–H and O–H groups in total. The molecule has 1 aromatic carbocycles. The van der Waals surface area contributed by atoms with E-state index in [0.717, 1.165) is 12.8 Å². The number of nitrogen functional groups attached to an aromatic ring is 1. The van der Waals surface area contributed by atoms with Crippen molar-refractivity contribution in [3.8, 4) is 0 Å². The molecule has 4 nitrogen and oxygen atoms in total. The van der Waals surface area contributed by atoms with Crippen LogP contribution in [0.5, 0.6) is 0 Å². The number of hydrogen-bond acceptors (Lipinski definition) is 3. The van der Waals surface area contributed by atoms with Crippen molar-refractivity contribution >= 4 is 11.6 Å². The van der Waals surface area contributed by atoms with Crippen LogP contribution in [-0.2, 0) is 4.74 Å². The molecule has 0 aliphatic carbocycles. The molecule has 1 atom stereocenters. The smallest absolute Gasteiger partial charge is 0.256 e. The Labute approximate surface area is 112 Å². The van der Waals surface area contributed by atoms with Gasteiger partial charge in [0.1, 0.15) is 5.82 Å². The predicted octanol–water partition coefficient (Wildman–Crippen LogP) is 2.05. The summed E-state index contributed by atoms with van der Waals surface area (Å²) >= 11 is 0. The average Bonchev–Trinajstić information content (AvgIpc) is 2.41. The van der Waals surface area contributed by atoms with E-state index in [2.05, 4.69) is 0 Å². The van der Waals surface area contributed by atoms with Crippen molar-refractivity contribution in [2.24, 2.45) is 0 Å². The zero-order chi connectivity index (χ0) is 14.0. The average molecular weight is 266 g/mol. The standard InChI is InChI=1S/C14H19FN2O2/c1-14(19-2)6-3-7-17(9-14)13(18)11-8-10(15)4-5-12(11)16/h4-5,8H,3,6-7,9,16H2,1-2H3. The van der Waals surface area contributed by atoms with Gasteiger partial charge < -0.3 is 15.4 Å². The lowest BCUT2D eigenvalue weighted by Crippen LogP contribution is -2.49. The third-order valence-electron chi connectivity index (χ3n) is 3.68. The number of anilines is 1. The van der Waals surface area contributed by atoms with Crippen molar-refractivity contribution < 1.29 is 13.9 Å². The third-order valence-corrected chi connectivity index (χ3v) is 3.68. The molecule has 1 aliphatic rings. The number of carbonyl (C=O) groups excluding carboxylic acids is 1. The first kappa shape index (κ1) is 13.8. The molecule has 2 rings (SSSR count). The summed E-state index contributed by atoms with van der Waals surface area (Å²) in [6, 6.07) is 3.86. The number of nitrogens with two attached hydrogens (primary N) is 1. The molecule has 1 fully saturated rings. The van der Waals surface area contributed by atoms with Gasteiger partial charge in [0.2, 0.25) is 0 Å². The van der Waals surface area contributed by atoms with Crippen molar-refractivity contribution in [1.82, 2.24) is 4.90 Å². The van der Waals surface area contributed by atoms with Gasteiger partial charge in [-0.1, -0.05) is 0 Å². The monoisotopic (exact) mass is 266 g/mol. The van der Waals surface area contributed by atoms with Crippen LogP contribution in [0.2, 0.25) is 0 Å². The Kier molecular flexibility index (Phi) is 3.75. The highest BCUT2D eigenvalue weighted by Crippen LogP contribution is 2.26. The molecule has 0 saturated carbocycles. The van der Waals surface area contributed by atoms with Gasteiger partial charge in [-0.3, -0.25) is 4.79 Å². The Morgan fingerprint density at radius 1 is 1.53 bits per heavy atom. The second-order valence-electron chi connectivity index (χ2n) is 5.22. The highest BCUT2D eigenvalue weighted by molar-refractivity contribution is 5.99. The van der Waals surface area contributed by atoms with E-state index in [9.17, 15) is 9.18 Å². The van der Waals surface area contributed by atoms with E-state index in [-0.39, 0.29) is 17.1 Å². The maximum absolute atomic E-state index is 13.2. The van der Waals surface area contributed by atoms with E-state index in [0.29, 0.717) is 18.8 Å². The van der Waals surface area contributed by atoms with E-state index in [1.165, 1.54) is 18.2 Å². The topological polar surface area (TPSA) is 55.6 Å². The second kappa shape index (κ2) is 5.17. The molecule has 0 aromatic heterocycles. The summed E-state index contributed by atoms with van der Waals surface area (Å²) in [6.45, 7) is 3.12. The number of amides is 1. The lowest BCUT2D eigenvalue weighted by atomic mass is 9.94. The lowest BCUT2D eigenvalue weighted by Gasteiger charge is -2.39. The molecule has 1 amide bonds. The van der Waals surface area contributed by atoms with E-state index >= 15 is 0 Å². The molecule has 104 valence electrons. The number of ether oxygens (including phenoxy) is 1. The first-order chi connectivity index (χ1) is 8.95. The van der Waals surface area contributed by atoms with Gasteiger partial charge in [-0.25, -0.2) is 4.39 Å². The minimum atomic E-state index is -0.455. The van der Waals surface area contributed by atoms with Crippen LogP contribution in [0.3, 0.4) is 0 Å². The molecule has 0 bridgehead atoms. The predicted molar refractivity (Wildman–Crippen MR) is 71.4 cm³/mol. The number of halogens is 1. The zero-order valence-corrected chi connectivity index (χ0v) is 11.3. The Morgan fingerprint density at radius 3 is 2.95 bits per heavy atom. The van der Waals surface area contributed by atoms with Crippen molar-refractivity contribution in [1.29, 1.82) is 0 Å². The molecule has 1 saturated heterocycles. The van der Waals surface area contributed by atoms with Crippen LogP contribution in [0, 0.1) is 5.82 Å². The summed E-state index contributed by atoms with van der Waals surface area (Å²) in [7, 11) is 1.64. The molecule has 19 heavy (non-hydrogen) atoms. The van der Waals surface area contributed by atoms with Gasteiger partial charge in [0, 0.05) is 25.9 Å². The number of benzene rings is 1. The summed E-state index contributed by atoms with van der Waals surface area (Å²) < 4.78 is 18.7. The molecular formula is C14H19FN2O2. The molecule has 1 aromatic rings. The van der Waals surface area contributed by atoms with Gasteiger partial charge in [-0.2, -0.15) is 0 Å². The normalized spacial score (nSPS) is 23.4. The summed E-state index contributed by atoms with van der Waals surface area (Å²) in [4.78, 5) is 14.1. The van der Waals surface area contributed by atoms with Gasteiger partial charge in [-0.05, 0) is 38.0 Å². The fourth-order valence-electron chi connectivity index (χ4n) is 2.43. The number of carbonyl (C=O) groups is 1. The maximum Gasteiger partial charge on any atom is 0.256 e. The highest BCUT2D eigenvalue weighted by atomic mass is 19.1. The largest absolute Gasteiger partial charge is 0.398 e. The Bertz CT molecular complexity index is 492. The molecule has 1 unspecified atom stereocenters. The van der Waals surface area contributed by atoms with Crippen molar-refractivity contribution in [3.63, 3.8) is 0 Å². The van der Waals surface area contributed by atoms with Crippen LogP contribution in [0.1, 0.15) is 30.1 Å². The van der Waals surface area contributed by atoms with Gasteiger partial charge >= 0.3 is 0 Å². The number of methoxy groups -OCH3 is 1. The molecule has 1 aliphatic heterocycles. The second-order valence-corrected chi connectivity index (χ2v) is 5.22. The number of nitrogens with zero attached hydrogens (tertiary/aromatic N) is 1. The van der Waals surface area contributed by atoms with Gasteiger partial charge in [0.25, 0.3) is 5.91 Å². The van der Waals surface area contributed by atoms with E-state index < -0.39 is 5.82 Å². The van der Waals surface area contributed by atoms with Crippen molar-refractivity contribution in [2.75, 3.05) is 25.9 Å². The molecule has 0 radical (unpaired) electrons. The molecule has 5 heteroatoms. The fraction of sp³-hybridized carbons (Fsp3) is 0.500. The van der Waals surface area contributed by atoms with Crippen LogP contribution in [-0.4, -0.2) is 36.6 Å².